The van der Waals surface area contributed by atoms with E-state index in [0.717, 1.165) is 5.56 Å². The lowest BCUT2D eigenvalue weighted by atomic mass is 9.80. The highest BCUT2D eigenvalue weighted by atomic mass is 19.4. The molecule has 0 radical (unpaired) electrons. The van der Waals surface area contributed by atoms with Crippen LogP contribution in [0.4, 0.5) is 26.3 Å². The summed E-state index contributed by atoms with van der Waals surface area (Å²) in [6, 6.07) is 13.1. The molecule has 32 heavy (non-hydrogen) atoms. The molecule has 2 aromatic rings. The molecule has 2 heterocycles. The Balaban J connectivity index is 1.64. The Morgan fingerprint density at radius 1 is 0.969 bits per heavy atom. The van der Waals surface area contributed by atoms with Crippen LogP contribution in [0.1, 0.15) is 41.5 Å². The summed E-state index contributed by atoms with van der Waals surface area (Å²) in [6.07, 6.45) is -8.70. The van der Waals surface area contributed by atoms with Crippen molar-refractivity contribution in [2.45, 2.75) is 55.9 Å². The smallest absolute Gasteiger partial charge is 0.371 e. The summed E-state index contributed by atoms with van der Waals surface area (Å²) in [5.74, 6) is -0.255. The molecule has 2 aromatic carbocycles. The Hall–Kier alpha value is -2.57. The van der Waals surface area contributed by atoms with E-state index in [0.29, 0.717) is 31.4 Å². The average molecular weight is 454 g/mol. The minimum atomic E-state index is -4.91. The average Bonchev–Trinajstić information content (AvgIpc) is 3.06. The Morgan fingerprint density at radius 2 is 1.59 bits per heavy atom. The Morgan fingerprint density at radius 3 is 2.16 bits per heavy atom. The zero-order valence-corrected chi connectivity index (χ0v) is 16.8. The molecule has 3 nitrogen and oxygen atoms in total. The molecule has 2 aliphatic heterocycles. The third-order valence-electron chi connectivity index (χ3n) is 6.31. The van der Waals surface area contributed by atoms with E-state index >= 15 is 0 Å². The van der Waals surface area contributed by atoms with Crippen molar-refractivity contribution in [3.05, 3.63) is 70.8 Å². The van der Waals surface area contributed by atoms with Crippen LogP contribution in [0.5, 0.6) is 0 Å². The van der Waals surface area contributed by atoms with Crippen LogP contribution in [-0.2, 0) is 29.2 Å². The zero-order valence-electron chi connectivity index (χ0n) is 16.8. The molecule has 2 aliphatic rings. The molecule has 0 unspecified atom stereocenters. The lowest BCUT2D eigenvalue weighted by Gasteiger charge is -2.42. The van der Waals surface area contributed by atoms with E-state index < -0.39 is 41.7 Å². The van der Waals surface area contributed by atoms with Crippen molar-refractivity contribution in [3.63, 3.8) is 0 Å². The van der Waals surface area contributed by atoms with Gasteiger partial charge in [0.15, 0.2) is 0 Å². The summed E-state index contributed by atoms with van der Waals surface area (Å²) in [6.45, 7) is -0.407. The molecular formula is C23H20F6N2O. The van der Waals surface area contributed by atoms with Crippen LogP contribution in [0.15, 0.2) is 48.5 Å². The number of benzene rings is 2. The largest absolute Gasteiger partial charge is 0.416 e. The van der Waals surface area contributed by atoms with Crippen molar-refractivity contribution in [2.24, 2.45) is 5.92 Å². The van der Waals surface area contributed by atoms with Gasteiger partial charge in [-0.05, 0) is 48.6 Å². The number of rotatable bonds is 4. The van der Waals surface area contributed by atoms with Crippen molar-refractivity contribution in [1.29, 1.82) is 5.26 Å². The number of nitrogens with zero attached hydrogens (tertiary/aromatic N) is 1. The molecule has 4 rings (SSSR count). The molecule has 2 bridgehead atoms. The fourth-order valence-corrected chi connectivity index (χ4v) is 4.84. The van der Waals surface area contributed by atoms with Crippen molar-refractivity contribution in [2.75, 3.05) is 0 Å². The highest BCUT2D eigenvalue weighted by Gasteiger charge is 2.54. The van der Waals surface area contributed by atoms with Crippen LogP contribution in [0.2, 0.25) is 0 Å². The highest BCUT2D eigenvalue weighted by molar-refractivity contribution is 5.34. The first-order chi connectivity index (χ1) is 15.0. The molecule has 4 atom stereocenters. The molecule has 2 fully saturated rings. The number of nitrogens with one attached hydrogen (secondary N) is 1. The lowest BCUT2D eigenvalue weighted by Crippen LogP contribution is -2.54. The van der Waals surface area contributed by atoms with E-state index in [1.54, 1.807) is 0 Å². The predicted molar refractivity (Wildman–Crippen MR) is 103 cm³/mol. The molecule has 0 saturated carbocycles. The van der Waals surface area contributed by atoms with E-state index in [1.165, 1.54) is 0 Å². The standard InChI is InChI=1S/C23H20F6N2O/c24-22(25,26)17-8-14(9-18(10-17)23(27,28)29)13-32-20-7-6-19-15(12-30)11-21(20,31-19)16-4-2-1-3-5-16/h1-5,8-10,15,19-20,31H,6-7,11,13H2/t15-,19-,20+,21+/m0/s1. The van der Waals surface area contributed by atoms with Crippen LogP contribution < -0.4 is 5.32 Å². The Labute approximate surface area is 181 Å². The first kappa shape index (κ1) is 22.6. The number of fused-ring (bicyclic) bond motifs is 2. The van der Waals surface area contributed by atoms with Gasteiger partial charge in [0.1, 0.15) is 0 Å². The summed E-state index contributed by atoms with van der Waals surface area (Å²) in [5, 5.41) is 13.0. The number of alkyl halides is 6. The first-order valence-corrected chi connectivity index (χ1v) is 10.2. The van der Waals surface area contributed by atoms with Gasteiger partial charge < -0.3 is 10.1 Å². The maximum absolute atomic E-state index is 13.2. The van der Waals surface area contributed by atoms with Gasteiger partial charge in [-0.2, -0.15) is 31.6 Å². The minimum absolute atomic E-state index is 0.0366. The van der Waals surface area contributed by atoms with Crippen LogP contribution in [0.3, 0.4) is 0 Å². The monoisotopic (exact) mass is 454 g/mol. The minimum Gasteiger partial charge on any atom is -0.371 e. The van der Waals surface area contributed by atoms with Crippen LogP contribution in [0.25, 0.3) is 0 Å². The summed E-state index contributed by atoms with van der Waals surface area (Å²) in [7, 11) is 0. The SMILES string of the molecule is N#C[C@@H]1C[C@]2(c3ccccc3)N[C@H]1CC[C@H]2OCc1cc(C(F)(F)F)cc(C(F)(F)F)c1. The molecule has 1 N–H and O–H groups in total. The molecule has 2 saturated heterocycles. The third-order valence-corrected chi connectivity index (χ3v) is 6.31. The molecule has 9 heteroatoms. The second-order valence-corrected chi connectivity index (χ2v) is 8.32. The summed E-state index contributed by atoms with van der Waals surface area (Å²) in [4.78, 5) is 0. The van der Waals surface area contributed by atoms with Gasteiger partial charge in [-0.3, -0.25) is 0 Å². The van der Waals surface area contributed by atoms with Crippen molar-refractivity contribution in [1.82, 2.24) is 5.32 Å². The van der Waals surface area contributed by atoms with Crippen LogP contribution in [-0.4, -0.2) is 12.1 Å². The van der Waals surface area contributed by atoms with E-state index in [4.69, 9.17) is 4.74 Å². The van der Waals surface area contributed by atoms with Crippen molar-refractivity contribution in [3.8, 4) is 6.07 Å². The Bertz CT molecular complexity index is 982. The van der Waals surface area contributed by atoms with Gasteiger partial charge in [-0.15, -0.1) is 0 Å². The van der Waals surface area contributed by atoms with Crippen molar-refractivity contribution < 1.29 is 31.1 Å². The molecule has 170 valence electrons. The highest BCUT2D eigenvalue weighted by Crippen LogP contribution is 2.47. The maximum atomic E-state index is 13.2. The molecule has 0 aromatic heterocycles. The number of piperidine rings is 1. The van der Waals surface area contributed by atoms with Gasteiger partial charge in [0, 0.05) is 6.04 Å². The molecular weight excluding hydrogens is 434 g/mol. The summed E-state index contributed by atoms with van der Waals surface area (Å²) in [5.41, 5.74) is -2.77. The predicted octanol–water partition coefficient (Wildman–Crippen LogP) is 5.80. The van der Waals surface area contributed by atoms with Crippen molar-refractivity contribution >= 4 is 0 Å². The molecule has 0 amide bonds. The second kappa shape index (κ2) is 8.09. The fraction of sp³-hybridized carbons (Fsp3) is 0.435. The van der Waals surface area contributed by atoms with E-state index in [9.17, 15) is 31.6 Å². The van der Waals surface area contributed by atoms with Gasteiger partial charge in [0.2, 0.25) is 0 Å². The fourth-order valence-electron chi connectivity index (χ4n) is 4.84. The second-order valence-electron chi connectivity index (χ2n) is 8.32. The topological polar surface area (TPSA) is 45.0 Å². The Kier molecular flexibility index (Phi) is 5.72. The number of hydrogen-bond acceptors (Lipinski definition) is 3. The normalized spacial score (nSPS) is 27.8. The number of ether oxygens (including phenoxy) is 1. The first-order valence-electron chi connectivity index (χ1n) is 10.2. The van der Waals surface area contributed by atoms with Crippen LogP contribution in [0, 0.1) is 17.2 Å². The molecule has 0 aliphatic carbocycles. The zero-order chi connectivity index (χ0) is 23.1. The van der Waals surface area contributed by atoms with Gasteiger partial charge in [-0.25, -0.2) is 0 Å². The number of nitriles is 1. The van der Waals surface area contributed by atoms with Gasteiger partial charge in [0.25, 0.3) is 0 Å². The van der Waals surface area contributed by atoms with Crippen LogP contribution >= 0.6 is 0 Å². The van der Waals surface area contributed by atoms with E-state index in [1.807, 2.05) is 30.3 Å². The van der Waals surface area contributed by atoms with Gasteiger partial charge in [-0.1, -0.05) is 30.3 Å². The summed E-state index contributed by atoms with van der Waals surface area (Å²) < 4.78 is 85.0. The number of halogens is 6. The third kappa shape index (κ3) is 4.21. The van der Waals surface area contributed by atoms with Gasteiger partial charge in [0.05, 0.1) is 41.4 Å². The quantitative estimate of drug-likeness (QED) is 0.594. The lowest BCUT2D eigenvalue weighted by molar-refractivity contribution is -0.143. The number of hydrogen-bond donors (Lipinski definition) is 1. The maximum Gasteiger partial charge on any atom is 0.416 e. The molecule has 0 spiro atoms. The van der Waals surface area contributed by atoms with E-state index in [-0.39, 0.29) is 23.6 Å². The van der Waals surface area contributed by atoms with Gasteiger partial charge >= 0.3 is 12.4 Å². The van der Waals surface area contributed by atoms with E-state index in [2.05, 4.69) is 11.4 Å². The summed E-state index contributed by atoms with van der Waals surface area (Å²) >= 11 is 0.